The zero-order valence-corrected chi connectivity index (χ0v) is 19.3. The number of hydrogen-bond acceptors (Lipinski definition) is 3. The summed E-state index contributed by atoms with van der Waals surface area (Å²) in [5.74, 6) is 1.27. The minimum absolute atomic E-state index is 0.0109. The molecule has 0 aromatic heterocycles. The van der Waals surface area contributed by atoms with Crippen LogP contribution >= 0.6 is 0 Å². The summed E-state index contributed by atoms with van der Waals surface area (Å²) in [6, 6.07) is 0. The topological polar surface area (TPSA) is 57.7 Å². The number of Topliss-reactive ketones (excluding diaryl/α,β-unsaturated/α-hetero) is 1. The van der Waals surface area contributed by atoms with Crippen LogP contribution < -0.4 is 0 Å². The summed E-state index contributed by atoms with van der Waals surface area (Å²) in [5.41, 5.74) is 1.06. The molecule has 0 unspecified atom stereocenters. The minimum atomic E-state index is 0.0109. The minimum Gasteiger partial charge on any atom is -0.342 e. The van der Waals surface area contributed by atoms with Crippen molar-refractivity contribution in [1.29, 1.82) is 0 Å². The number of rotatable bonds is 13. The lowest BCUT2D eigenvalue weighted by Gasteiger charge is -2.46. The van der Waals surface area contributed by atoms with Crippen LogP contribution in [0, 0.1) is 11.3 Å². The third kappa shape index (κ3) is 7.73. The number of carbonyl (C=O) groups is 3. The average molecular weight is 417 g/mol. The van der Waals surface area contributed by atoms with Crippen molar-refractivity contribution in [1.82, 2.24) is 9.80 Å². The van der Waals surface area contributed by atoms with E-state index in [-0.39, 0.29) is 5.91 Å². The molecular formula is C25H40N2O3. The lowest BCUT2D eigenvalue weighted by atomic mass is 9.76. The van der Waals surface area contributed by atoms with Gasteiger partial charge in [0, 0.05) is 50.7 Å². The highest BCUT2D eigenvalue weighted by atomic mass is 16.2. The highest BCUT2D eigenvalue weighted by Crippen LogP contribution is 2.33. The molecule has 2 rings (SSSR count). The van der Waals surface area contributed by atoms with Crippen LogP contribution in [-0.2, 0) is 14.4 Å². The number of carbonyl (C=O) groups excluding carboxylic acids is 3. The van der Waals surface area contributed by atoms with Crippen molar-refractivity contribution >= 4 is 17.6 Å². The van der Waals surface area contributed by atoms with Crippen LogP contribution in [0.2, 0.25) is 0 Å². The van der Waals surface area contributed by atoms with Crippen molar-refractivity contribution in [3.63, 3.8) is 0 Å². The fraction of sp³-hybridized carbons (Fsp3) is 0.720. The van der Waals surface area contributed by atoms with Crippen molar-refractivity contribution in [3.8, 4) is 0 Å². The van der Waals surface area contributed by atoms with E-state index >= 15 is 0 Å². The zero-order valence-electron chi connectivity index (χ0n) is 19.3. The number of ketones is 1. The lowest BCUT2D eigenvalue weighted by molar-refractivity contribution is -0.140. The van der Waals surface area contributed by atoms with E-state index in [1.807, 2.05) is 4.90 Å². The highest BCUT2D eigenvalue weighted by Gasteiger charge is 2.37. The molecule has 2 aliphatic rings. The molecule has 0 aliphatic carbocycles. The van der Waals surface area contributed by atoms with Crippen molar-refractivity contribution in [2.24, 2.45) is 11.3 Å². The van der Waals surface area contributed by atoms with Crippen LogP contribution in [0.15, 0.2) is 24.4 Å². The first-order valence-corrected chi connectivity index (χ1v) is 11.7. The highest BCUT2D eigenvalue weighted by molar-refractivity contribution is 5.92. The quantitative estimate of drug-likeness (QED) is 0.402. The van der Waals surface area contributed by atoms with E-state index in [0.29, 0.717) is 48.8 Å². The second kappa shape index (κ2) is 11.5. The number of unbranched alkanes of at least 4 members (excludes halogenated alkanes) is 5. The van der Waals surface area contributed by atoms with E-state index in [2.05, 4.69) is 27.4 Å². The zero-order chi connectivity index (χ0) is 22.1. The molecule has 168 valence electrons. The number of likely N-dealkylation sites (tertiary alicyclic amines) is 1. The summed E-state index contributed by atoms with van der Waals surface area (Å²) in [7, 11) is 0. The molecule has 1 saturated heterocycles. The van der Waals surface area contributed by atoms with Gasteiger partial charge in [-0.2, -0.15) is 0 Å². The molecular weight excluding hydrogens is 376 g/mol. The van der Waals surface area contributed by atoms with Gasteiger partial charge in [0.1, 0.15) is 5.78 Å². The Morgan fingerprint density at radius 2 is 1.50 bits per heavy atom. The van der Waals surface area contributed by atoms with Gasteiger partial charge in [-0.05, 0) is 43.1 Å². The summed E-state index contributed by atoms with van der Waals surface area (Å²) in [6.07, 6.45) is 11.9. The molecule has 5 nitrogen and oxygen atoms in total. The Bertz CT molecular complexity index is 636. The van der Waals surface area contributed by atoms with Crippen molar-refractivity contribution in [3.05, 3.63) is 24.4 Å². The maximum Gasteiger partial charge on any atom is 0.251 e. The Morgan fingerprint density at radius 1 is 0.933 bits per heavy atom. The van der Waals surface area contributed by atoms with Gasteiger partial charge in [-0.1, -0.05) is 46.6 Å². The van der Waals surface area contributed by atoms with Crippen molar-refractivity contribution in [2.75, 3.05) is 19.6 Å². The van der Waals surface area contributed by atoms with Crippen LogP contribution in [0.25, 0.3) is 0 Å². The van der Waals surface area contributed by atoms with Gasteiger partial charge in [0.25, 0.3) is 5.91 Å². The van der Waals surface area contributed by atoms with Crippen LogP contribution in [0.4, 0.5) is 0 Å². The fourth-order valence-electron chi connectivity index (χ4n) is 3.98. The van der Waals surface area contributed by atoms with Gasteiger partial charge >= 0.3 is 0 Å². The average Bonchev–Trinajstić information content (AvgIpc) is 2.93. The predicted octanol–water partition coefficient (Wildman–Crippen LogP) is 4.87. The van der Waals surface area contributed by atoms with Gasteiger partial charge in [-0.3, -0.25) is 14.4 Å². The summed E-state index contributed by atoms with van der Waals surface area (Å²) in [4.78, 5) is 39.5. The van der Waals surface area contributed by atoms with Crippen LogP contribution in [0.1, 0.15) is 85.0 Å². The molecule has 0 N–H and O–H groups in total. The van der Waals surface area contributed by atoms with Gasteiger partial charge in [0.2, 0.25) is 5.91 Å². The van der Waals surface area contributed by atoms with E-state index in [0.717, 1.165) is 63.7 Å². The first-order chi connectivity index (χ1) is 14.2. The maximum absolute atomic E-state index is 12.2. The van der Waals surface area contributed by atoms with E-state index in [4.69, 9.17) is 0 Å². The molecule has 0 saturated carbocycles. The van der Waals surface area contributed by atoms with Crippen LogP contribution in [0.5, 0.6) is 0 Å². The number of nitrogens with zero attached hydrogens (tertiary/aromatic N) is 2. The molecule has 0 aromatic rings. The fourth-order valence-corrected chi connectivity index (χ4v) is 3.98. The van der Waals surface area contributed by atoms with E-state index in [9.17, 15) is 14.4 Å². The number of allylic oxidation sites excluding steroid dienone is 1. The molecule has 2 amide bonds. The first-order valence-electron chi connectivity index (χ1n) is 11.7. The van der Waals surface area contributed by atoms with E-state index in [1.54, 1.807) is 17.1 Å². The Labute approximate surface area is 182 Å². The molecule has 2 aliphatic heterocycles. The van der Waals surface area contributed by atoms with Crippen molar-refractivity contribution in [2.45, 2.75) is 85.0 Å². The van der Waals surface area contributed by atoms with Gasteiger partial charge in [0.15, 0.2) is 0 Å². The molecule has 0 aromatic carbocycles. The normalized spacial score (nSPS) is 17.0. The van der Waals surface area contributed by atoms with Gasteiger partial charge < -0.3 is 9.80 Å². The van der Waals surface area contributed by atoms with Gasteiger partial charge in [-0.25, -0.2) is 0 Å². The molecule has 0 atom stereocenters. The molecule has 0 spiro atoms. The van der Waals surface area contributed by atoms with Crippen LogP contribution in [-0.4, -0.2) is 47.0 Å². The summed E-state index contributed by atoms with van der Waals surface area (Å²) in [5, 5.41) is 0. The summed E-state index contributed by atoms with van der Waals surface area (Å²) in [6.45, 7) is 13.1. The van der Waals surface area contributed by atoms with E-state index in [1.165, 1.54) is 0 Å². The van der Waals surface area contributed by atoms with Crippen LogP contribution in [0.3, 0.4) is 0 Å². The Kier molecular flexibility index (Phi) is 9.32. The molecule has 0 bridgehead atoms. The Hall–Kier alpha value is -1.91. The second-order valence-corrected chi connectivity index (χ2v) is 9.94. The molecule has 2 heterocycles. The van der Waals surface area contributed by atoms with Gasteiger partial charge in [-0.15, -0.1) is 0 Å². The third-order valence-electron chi connectivity index (χ3n) is 6.42. The van der Waals surface area contributed by atoms with Gasteiger partial charge in [0.05, 0.1) is 0 Å². The standard InChI is InChI=1S/C25H40N2O3/c1-20-15-16-24(30)27(20)17-11-7-9-13-22(28)12-8-5-6-10-14-23(29)26-18-21(19-26)25(2,3)4/h15-16,21H,1,5-14,17-19H2,2-4H3. The largest absolute Gasteiger partial charge is 0.342 e. The van der Waals surface area contributed by atoms with Crippen molar-refractivity contribution < 1.29 is 14.4 Å². The monoisotopic (exact) mass is 416 g/mol. The number of hydrogen-bond donors (Lipinski definition) is 0. The predicted molar refractivity (Wildman–Crippen MR) is 121 cm³/mol. The molecule has 30 heavy (non-hydrogen) atoms. The summed E-state index contributed by atoms with van der Waals surface area (Å²) < 4.78 is 0. The van der Waals surface area contributed by atoms with E-state index < -0.39 is 0 Å². The Morgan fingerprint density at radius 3 is 2.03 bits per heavy atom. The lowest BCUT2D eigenvalue weighted by Crippen LogP contribution is -2.54. The third-order valence-corrected chi connectivity index (χ3v) is 6.42. The molecule has 5 heteroatoms. The molecule has 1 fully saturated rings. The smallest absolute Gasteiger partial charge is 0.251 e. The Balaban J connectivity index is 1.39. The first kappa shape index (κ1) is 24.4. The maximum atomic E-state index is 12.2. The second-order valence-electron chi connectivity index (χ2n) is 9.94. The summed E-state index contributed by atoms with van der Waals surface area (Å²) >= 11 is 0. The molecule has 0 radical (unpaired) electrons. The number of amides is 2. The SMILES string of the molecule is C=C1C=CC(=O)N1CCCCCC(=O)CCCCCCC(=O)N1CC(C(C)(C)C)C1.